The van der Waals surface area contributed by atoms with Gasteiger partial charge in [0.15, 0.2) is 0 Å². The SMILES string of the molecule is Cc1c(NC(=O)N2CCN(C3CCCC3)C(=O)C2)cc2[nH]cnc2c1C. The van der Waals surface area contributed by atoms with Crippen molar-refractivity contribution < 1.29 is 9.59 Å². The van der Waals surface area contributed by atoms with Gasteiger partial charge in [0.05, 0.1) is 17.4 Å². The summed E-state index contributed by atoms with van der Waals surface area (Å²) < 4.78 is 0. The third-order valence-electron chi connectivity index (χ3n) is 5.83. The van der Waals surface area contributed by atoms with Gasteiger partial charge in [0.1, 0.15) is 6.54 Å². The fraction of sp³-hybridized carbons (Fsp3) is 0.526. The molecule has 1 saturated heterocycles. The fourth-order valence-corrected chi connectivity index (χ4v) is 4.13. The van der Waals surface area contributed by atoms with Crippen LogP contribution < -0.4 is 5.32 Å². The first kappa shape index (κ1) is 16.9. The first-order valence-corrected chi connectivity index (χ1v) is 9.33. The van der Waals surface area contributed by atoms with Gasteiger partial charge in [0, 0.05) is 24.8 Å². The molecule has 26 heavy (non-hydrogen) atoms. The molecule has 2 aliphatic rings. The number of aromatic nitrogens is 2. The number of rotatable bonds is 2. The molecule has 0 radical (unpaired) electrons. The molecular formula is C19H25N5O2. The van der Waals surface area contributed by atoms with Crippen LogP contribution in [0.2, 0.25) is 0 Å². The van der Waals surface area contributed by atoms with Crippen LogP contribution in [0.4, 0.5) is 10.5 Å². The molecule has 2 N–H and O–H groups in total. The number of hydrogen-bond donors (Lipinski definition) is 2. The van der Waals surface area contributed by atoms with Crippen molar-refractivity contribution in [1.82, 2.24) is 19.8 Å². The third-order valence-corrected chi connectivity index (χ3v) is 5.83. The molecule has 7 nitrogen and oxygen atoms in total. The molecule has 4 rings (SSSR count). The number of amides is 3. The molecule has 1 saturated carbocycles. The maximum atomic E-state index is 12.7. The summed E-state index contributed by atoms with van der Waals surface area (Å²) in [5.74, 6) is 0.0650. The molecular weight excluding hydrogens is 330 g/mol. The number of fused-ring (bicyclic) bond motifs is 1. The van der Waals surface area contributed by atoms with E-state index in [-0.39, 0.29) is 18.5 Å². The number of benzene rings is 1. The average Bonchev–Trinajstić information content (AvgIpc) is 3.30. The van der Waals surface area contributed by atoms with Crippen molar-refractivity contribution in [3.63, 3.8) is 0 Å². The number of imidazole rings is 1. The van der Waals surface area contributed by atoms with E-state index in [9.17, 15) is 9.59 Å². The van der Waals surface area contributed by atoms with Gasteiger partial charge in [-0.05, 0) is 43.9 Å². The minimum atomic E-state index is -0.217. The van der Waals surface area contributed by atoms with Gasteiger partial charge in [0.25, 0.3) is 0 Å². The summed E-state index contributed by atoms with van der Waals surface area (Å²) in [6.45, 7) is 5.35. The predicted molar refractivity (Wildman–Crippen MR) is 100 cm³/mol. The summed E-state index contributed by atoms with van der Waals surface area (Å²) in [4.78, 5) is 36.2. The Balaban J connectivity index is 1.46. The molecule has 1 aliphatic carbocycles. The molecule has 0 spiro atoms. The molecule has 1 aromatic heterocycles. The molecule has 1 aliphatic heterocycles. The summed E-state index contributed by atoms with van der Waals surface area (Å²) in [7, 11) is 0. The van der Waals surface area contributed by atoms with Crippen molar-refractivity contribution in [3.05, 3.63) is 23.5 Å². The number of anilines is 1. The number of carbonyl (C=O) groups excluding carboxylic acids is 2. The number of nitrogens with one attached hydrogen (secondary N) is 2. The monoisotopic (exact) mass is 355 g/mol. The summed E-state index contributed by atoms with van der Waals surface area (Å²) in [5, 5.41) is 2.98. The second-order valence-electron chi connectivity index (χ2n) is 7.35. The summed E-state index contributed by atoms with van der Waals surface area (Å²) in [5.41, 5.74) is 4.61. The molecule has 2 heterocycles. The zero-order valence-corrected chi connectivity index (χ0v) is 15.3. The number of aryl methyl sites for hydroxylation is 1. The highest BCUT2D eigenvalue weighted by Crippen LogP contribution is 2.27. The van der Waals surface area contributed by atoms with Crippen LogP contribution >= 0.6 is 0 Å². The van der Waals surface area contributed by atoms with Gasteiger partial charge >= 0.3 is 6.03 Å². The Morgan fingerprint density at radius 3 is 2.73 bits per heavy atom. The minimum Gasteiger partial charge on any atom is -0.345 e. The molecule has 2 fully saturated rings. The Morgan fingerprint density at radius 1 is 1.23 bits per heavy atom. The standard InChI is InChI=1S/C19H25N5O2/c1-12-13(2)18-16(20-11-21-18)9-15(12)22-19(26)23-7-8-24(17(25)10-23)14-5-3-4-6-14/h9,11,14H,3-8,10H2,1-2H3,(H,20,21)(H,22,26). The first-order valence-electron chi connectivity index (χ1n) is 9.33. The normalized spacial score (nSPS) is 18.8. The highest BCUT2D eigenvalue weighted by Gasteiger charge is 2.33. The van der Waals surface area contributed by atoms with Crippen molar-refractivity contribution in [2.45, 2.75) is 45.6 Å². The number of carbonyl (C=O) groups is 2. The summed E-state index contributed by atoms with van der Waals surface area (Å²) >= 11 is 0. The Morgan fingerprint density at radius 2 is 2.00 bits per heavy atom. The van der Waals surface area contributed by atoms with Crippen LogP contribution in [0, 0.1) is 13.8 Å². The highest BCUT2D eigenvalue weighted by molar-refractivity contribution is 5.96. The molecule has 1 aromatic carbocycles. The van der Waals surface area contributed by atoms with E-state index in [4.69, 9.17) is 0 Å². The zero-order valence-electron chi connectivity index (χ0n) is 15.3. The number of aromatic amines is 1. The lowest BCUT2D eigenvalue weighted by Crippen LogP contribution is -2.55. The highest BCUT2D eigenvalue weighted by atomic mass is 16.2. The Labute approximate surface area is 152 Å². The van der Waals surface area contributed by atoms with Gasteiger partial charge in [-0.2, -0.15) is 0 Å². The van der Waals surface area contributed by atoms with Crippen LogP contribution in [0.5, 0.6) is 0 Å². The lowest BCUT2D eigenvalue weighted by Gasteiger charge is -2.37. The lowest BCUT2D eigenvalue weighted by molar-refractivity contribution is -0.137. The van der Waals surface area contributed by atoms with Crippen LogP contribution in [0.3, 0.4) is 0 Å². The van der Waals surface area contributed by atoms with Gasteiger partial charge in [-0.1, -0.05) is 12.8 Å². The van der Waals surface area contributed by atoms with E-state index in [2.05, 4.69) is 15.3 Å². The maximum absolute atomic E-state index is 12.7. The van der Waals surface area contributed by atoms with Gasteiger partial charge in [0.2, 0.25) is 5.91 Å². The first-order chi connectivity index (χ1) is 12.5. The van der Waals surface area contributed by atoms with Gasteiger partial charge in [-0.25, -0.2) is 9.78 Å². The number of H-pyrrole nitrogens is 1. The van der Waals surface area contributed by atoms with E-state index < -0.39 is 0 Å². The van der Waals surface area contributed by atoms with E-state index in [1.165, 1.54) is 12.8 Å². The average molecular weight is 355 g/mol. The van der Waals surface area contributed by atoms with E-state index >= 15 is 0 Å². The van der Waals surface area contributed by atoms with E-state index in [0.29, 0.717) is 19.1 Å². The third kappa shape index (κ3) is 2.91. The number of nitrogens with zero attached hydrogens (tertiary/aromatic N) is 3. The molecule has 7 heteroatoms. The fourth-order valence-electron chi connectivity index (χ4n) is 4.13. The minimum absolute atomic E-state index is 0.0650. The van der Waals surface area contributed by atoms with Crippen molar-refractivity contribution in [2.24, 2.45) is 0 Å². The van der Waals surface area contributed by atoms with Crippen molar-refractivity contribution >= 4 is 28.7 Å². The Bertz CT molecular complexity index is 853. The van der Waals surface area contributed by atoms with Crippen LogP contribution in [-0.4, -0.2) is 57.4 Å². The van der Waals surface area contributed by atoms with Crippen molar-refractivity contribution in [3.8, 4) is 0 Å². The van der Waals surface area contributed by atoms with Gasteiger partial charge in [-0.15, -0.1) is 0 Å². The molecule has 3 amide bonds. The number of piperazine rings is 1. The molecule has 0 bridgehead atoms. The molecule has 0 unspecified atom stereocenters. The molecule has 0 atom stereocenters. The number of urea groups is 1. The van der Waals surface area contributed by atoms with Crippen LogP contribution in [0.1, 0.15) is 36.8 Å². The largest absolute Gasteiger partial charge is 0.345 e. The van der Waals surface area contributed by atoms with Crippen LogP contribution in [0.15, 0.2) is 12.4 Å². The maximum Gasteiger partial charge on any atom is 0.322 e. The van der Waals surface area contributed by atoms with Crippen LogP contribution in [-0.2, 0) is 4.79 Å². The predicted octanol–water partition coefficient (Wildman–Crippen LogP) is 2.80. The zero-order chi connectivity index (χ0) is 18.3. The second-order valence-corrected chi connectivity index (χ2v) is 7.35. The van der Waals surface area contributed by atoms with Crippen molar-refractivity contribution in [2.75, 3.05) is 25.0 Å². The Kier molecular flexibility index (Phi) is 4.30. The van der Waals surface area contributed by atoms with Crippen molar-refractivity contribution in [1.29, 1.82) is 0 Å². The van der Waals surface area contributed by atoms with E-state index in [0.717, 1.165) is 40.7 Å². The van der Waals surface area contributed by atoms with E-state index in [1.54, 1.807) is 11.2 Å². The van der Waals surface area contributed by atoms with E-state index in [1.807, 2.05) is 24.8 Å². The lowest BCUT2D eigenvalue weighted by atomic mass is 10.1. The topological polar surface area (TPSA) is 81.3 Å². The molecule has 138 valence electrons. The van der Waals surface area contributed by atoms with Gasteiger partial charge in [-0.3, -0.25) is 4.79 Å². The quantitative estimate of drug-likeness (QED) is 0.869. The number of hydrogen-bond acceptors (Lipinski definition) is 3. The molecule has 2 aromatic rings. The smallest absolute Gasteiger partial charge is 0.322 e. The second kappa shape index (κ2) is 6.63. The Hall–Kier alpha value is -2.57. The van der Waals surface area contributed by atoms with Gasteiger partial charge < -0.3 is 20.1 Å². The van der Waals surface area contributed by atoms with Crippen LogP contribution in [0.25, 0.3) is 11.0 Å². The summed E-state index contributed by atoms with van der Waals surface area (Å²) in [6.07, 6.45) is 6.26. The summed E-state index contributed by atoms with van der Waals surface area (Å²) in [6, 6.07) is 2.06.